The Morgan fingerprint density at radius 1 is 1.10 bits per heavy atom. The highest BCUT2D eigenvalue weighted by molar-refractivity contribution is 7.89. The Labute approximate surface area is 246 Å². The summed E-state index contributed by atoms with van der Waals surface area (Å²) >= 11 is 0. The number of nitrogens with zero attached hydrogens (tertiary/aromatic N) is 2. The highest BCUT2D eigenvalue weighted by Gasteiger charge is 2.35. The number of fused-ring (bicyclic) bond motifs is 1. The van der Waals surface area contributed by atoms with Gasteiger partial charge in [0, 0.05) is 30.9 Å². The molecule has 0 saturated carbocycles. The third-order valence-corrected chi connectivity index (χ3v) is 9.00. The summed E-state index contributed by atoms with van der Waals surface area (Å²) < 4.78 is 39.1. The second kappa shape index (κ2) is 13.2. The lowest BCUT2D eigenvalue weighted by Gasteiger charge is -2.38. The summed E-state index contributed by atoms with van der Waals surface area (Å²) in [5.41, 5.74) is 1.08. The van der Waals surface area contributed by atoms with E-state index in [1.54, 1.807) is 73.5 Å². The fourth-order valence-corrected chi connectivity index (χ4v) is 5.81. The minimum atomic E-state index is -3.78. The van der Waals surface area contributed by atoms with Crippen LogP contribution in [0.3, 0.4) is 0 Å². The molecule has 1 heterocycles. The second-order valence-corrected chi connectivity index (χ2v) is 12.3. The number of amides is 3. The van der Waals surface area contributed by atoms with Crippen molar-refractivity contribution in [3.8, 4) is 11.5 Å². The van der Waals surface area contributed by atoms with E-state index < -0.39 is 28.2 Å². The smallest absolute Gasteiger partial charge is 0.323 e. The predicted molar refractivity (Wildman–Crippen MR) is 159 cm³/mol. The molecule has 3 atom stereocenters. The van der Waals surface area contributed by atoms with Gasteiger partial charge >= 0.3 is 6.03 Å². The Kier molecular flexibility index (Phi) is 9.71. The molecule has 224 valence electrons. The third-order valence-electron chi connectivity index (χ3n) is 7.16. The molecule has 0 radical (unpaired) electrons. The molecule has 11 nitrogen and oxygen atoms in total. The number of aliphatic hydroxyl groups excluding tert-OH is 1. The Morgan fingerprint density at radius 2 is 1.74 bits per heavy atom. The maximum Gasteiger partial charge on any atom is 0.323 e. The molecule has 3 aromatic carbocycles. The fraction of sp³-hybridized carbons (Fsp3) is 0.333. The van der Waals surface area contributed by atoms with Crippen molar-refractivity contribution in [3.05, 3.63) is 78.4 Å². The number of ether oxygens (including phenoxy) is 2. The number of anilines is 2. The van der Waals surface area contributed by atoms with Crippen LogP contribution in [0, 0.1) is 5.92 Å². The van der Waals surface area contributed by atoms with Crippen molar-refractivity contribution in [1.82, 2.24) is 9.21 Å². The van der Waals surface area contributed by atoms with Gasteiger partial charge in [-0.05, 0) is 61.5 Å². The lowest BCUT2D eigenvalue weighted by Crippen LogP contribution is -2.50. The largest absolute Gasteiger partial charge is 0.497 e. The molecular formula is C30H36N4O7S. The topological polar surface area (TPSA) is 138 Å². The summed E-state index contributed by atoms with van der Waals surface area (Å²) in [6.45, 7) is 3.60. The number of likely N-dealkylation sites (N-methyl/N-ethyl adjacent to an activating group) is 1. The molecule has 0 fully saturated rings. The zero-order chi connectivity index (χ0) is 30.4. The number of methoxy groups -OCH3 is 1. The van der Waals surface area contributed by atoms with Crippen molar-refractivity contribution >= 4 is 33.3 Å². The summed E-state index contributed by atoms with van der Waals surface area (Å²) in [6.07, 6.45) is -0.620. The van der Waals surface area contributed by atoms with Crippen molar-refractivity contribution in [3.63, 3.8) is 0 Å². The number of carbonyl (C=O) groups is 2. The fourth-order valence-electron chi connectivity index (χ4n) is 4.61. The van der Waals surface area contributed by atoms with E-state index in [0.717, 1.165) is 0 Å². The van der Waals surface area contributed by atoms with Gasteiger partial charge in [-0.3, -0.25) is 4.79 Å². The van der Waals surface area contributed by atoms with Crippen molar-refractivity contribution < 1.29 is 32.6 Å². The van der Waals surface area contributed by atoms with Crippen LogP contribution in [0.25, 0.3) is 0 Å². The first-order valence-electron chi connectivity index (χ1n) is 13.5. The van der Waals surface area contributed by atoms with E-state index in [2.05, 4.69) is 10.6 Å². The van der Waals surface area contributed by atoms with Crippen molar-refractivity contribution in [2.75, 3.05) is 44.5 Å². The molecule has 0 aliphatic carbocycles. The first kappa shape index (κ1) is 30.8. The normalized spacial score (nSPS) is 17.9. The van der Waals surface area contributed by atoms with Crippen LogP contribution in [-0.4, -0.2) is 80.7 Å². The SMILES string of the molecule is COc1ccc(NC(=O)Nc2ccc3c(c2)C(=O)N([C@@H](C)CO)C[C@@H](C)[C@@H](CN(C)S(=O)(=O)c2ccccc2)O3)cc1. The summed E-state index contributed by atoms with van der Waals surface area (Å²) in [6, 6.07) is 18.6. The Bertz CT molecular complexity index is 1500. The van der Waals surface area contributed by atoms with E-state index >= 15 is 0 Å². The number of aliphatic hydroxyl groups is 1. The highest BCUT2D eigenvalue weighted by Crippen LogP contribution is 2.31. The van der Waals surface area contributed by atoms with Gasteiger partial charge in [0.25, 0.3) is 5.91 Å². The molecule has 0 spiro atoms. The average Bonchev–Trinajstić information content (AvgIpc) is 2.99. The van der Waals surface area contributed by atoms with Crippen LogP contribution in [0.15, 0.2) is 77.7 Å². The number of sulfonamides is 1. The van der Waals surface area contributed by atoms with E-state index in [9.17, 15) is 23.1 Å². The maximum absolute atomic E-state index is 13.7. The molecule has 42 heavy (non-hydrogen) atoms. The number of rotatable bonds is 9. The minimum Gasteiger partial charge on any atom is -0.497 e. The maximum atomic E-state index is 13.7. The van der Waals surface area contributed by atoms with Crippen LogP contribution >= 0.6 is 0 Å². The number of hydrogen-bond donors (Lipinski definition) is 3. The molecule has 1 aliphatic rings. The van der Waals surface area contributed by atoms with Crippen molar-refractivity contribution in [2.24, 2.45) is 5.92 Å². The second-order valence-electron chi connectivity index (χ2n) is 10.2. The van der Waals surface area contributed by atoms with Gasteiger partial charge in [0.05, 0.1) is 36.8 Å². The standard InChI is InChI=1S/C30H36N4O7S/c1-20-17-34(21(2)19-35)29(36)26-16-23(32-30(37)31-22-10-13-24(40-4)14-11-22)12-15-27(26)41-28(20)18-33(3)42(38,39)25-8-6-5-7-9-25/h5-16,20-21,28,35H,17-19H2,1-4H3,(H2,31,32,37)/t20-,21+,28-/m1/s1. The zero-order valence-electron chi connectivity index (χ0n) is 24.0. The van der Waals surface area contributed by atoms with Gasteiger partial charge < -0.3 is 30.1 Å². The van der Waals surface area contributed by atoms with E-state index in [-0.39, 0.29) is 47.7 Å². The Hall–Kier alpha value is -4.13. The van der Waals surface area contributed by atoms with E-state index in [4.69, 9.17) is 9.47 Å². The molecule has 0 bridgehead atoms. The van der Waals surface area contributed by atoms with Crippen molar-refractivity contribution in [1.29, 1.82) is 0 Å². The average molecular weight is 597 g/mol. The van der Waals surface area contributed by atoms with Crippen LogP contribution in [0.4, 0.5) is 16.2 Å². The van der Waals surface area contributed by atoms with E-state index in [0.29, 0.717) is 17.1 Å². The van der Waals surface area contributed by atoms with Crippen LogP contribution in [0.5, 0.6) is 11.5 Å². The predicted octanol–water partition coefficient (Wildman–Crippen LogP) is 3.88. The number of benzene rings is 3. The lowest BCUT2D eigenvalue weighted by atomic mass is 9.99. The third kappa shape index (κ3) is 7.01. The summed E-state index contributed by atoms with van der Waals surface area (Å²) in [5.74, 6) is 0.247. The van der Waals surface area contributed by atoms with Crippen LogP contribution < -0.4 is 20.1 Å². The Morgan fingerprint density at radius 3 is 2.38 bits per heavy atom. The Balaban J connectivity index is 1.59. The molecule has 3 N–H and O–H groups in total. The van der Waals surface area contributed by atoms with Gasteiger partial charge in [-0.15, -0.1) is 0 Å². The monoisotopic (exact) mass is 596 g/mol. The molecule has 4 rings (SSSR count). The molecule has 0 unspecified atom stereocenters. The summed E-state index contributed by atoms with van der Waals surface area (Å²) in [4.78, 5) is 28.1. The minimum absolute atomic E-state index is 0.0254. The number of carbonyl (C=O) groups excluding carboxylic acids is 2. The molecule has 1 aliphatic heterocycles. The summed E-state index contributed by atoms with van der Waals surface area (Å²) in [5, 5.41) is 15.4. The van der Waals surface area contributed by atoms with Gasteiger partial charge in [0.15, 0.2) is 0 Å². The van der Waals surface area contributed by atoms with Gasteiger partial charge in [-0.1, -0.05) is 25.1 Å². The first-order chi connectivity index (χ1) is 20.0. The van der Waals surface area contributed by atoms with Gasteiger partial charge in [-0.2, -0.15) is 4.31 Å². The number of hydrogen-bond acceptors (Lipinski definition) is 7. The van der Waals surface area contributed by atoms with Crippen LogP contribution in [0.1, 0.15) is 24.2 Å². The van der Waals surface area contributed by atoms with Crippen LogP contribution in [0.2, 0.25) is 0 Å². The summed E-state index contributed by atoms with van der Waals surface area (Å²) in [7, 11) is -0.740. The zero-order valence-corrected chi connectivity index (χ0v) is 24.8. The van der Waals surface area contributed by atoms with E-state index in [1.165, 1.54) is 29.6 Å². The first-order valence-corrected chi connectivity index (χ1v) is 14.9. The number of nitrogens with one attached hydrogen (secondary N) is 2. The van der Waals surface area contributed by atoms with E-state index in [1.807, 2.05) is 6.92 Å². The molecule has 0 aromatic heterocycles. The molecule has 3 amide bonds. The quantitative estimate of drug-likeness (QED) is 0.341. The van der Waals surface area contributed by atoms with Crippen LogP contribution in [-0.2, 0) is 10.0 Å². The molecule has 12 heteroatoms. The highest BCUT2D eigenvalue weighted by atomic mass is 32.2. The molecule has 0 saturated heterocycles. The van der Waals surface area contributed by atoms with Gasteiger partial charge in [0.1, 0.15) is 17.6 Å². The van der Waals surface area contributed by atoms with Crippen molar-refractivity contribution in [2.45, 2.75) is 30.9 Å². The van der Waals surface area contributed by atoms with Gasteiger partial charge in [0.2, 0.25) is 10.0 Å². The molecule has 3 aromatic rings. The van der Waals surface area contributed by atoms with Gasteiger partial charge in [-0.25, -0.2) is 13.2 Å². The lowest BCUT2D eigenvalue weighted by molar-refractivity contribution is 0.0387. The molecular weight excluding hydrogens is 560 g/mol. The number of urea groups is 1.